The number of rotatable bonds is 67. The third kappa shape index (κ3) is 67.9. The second kappa shape index (κ2) is 70.6. The van der Waals surface area contributed by atoms with Gasteiger partial charge in [-0.3, -0.25) is 14.4 Å². The molecule has 0 aliphatic carbocycles. The minimum atomic E-state index is -0.778. The summed E-state index contributed by atoms with van der Waals surface area (Å²) >= 11 is 0. The number of ether oxygens (including phenoxy) is 3. The van der Waals surface area contributed by atoms with E-state index in [0.717, 1.165) is 83.5 Å². The highest BCUT2D eigenvalue weighted by Gasteiger charge is 2.19. The van der Waals surface area contributed by atoms with Crippen LogP contribution in [0.5, 0.6) is 0 Å². The van der Waals surface area contributed by atoms with Gasteiger partial charge in [0.15, 0.2) is 6.10 Å². The Hall–Kier alpha value is -2.89. The lowest BCUT2D eigenvalue weighted by atomic mass is 10.0. The lowest BCUT2D eigenvalue weighted by Crippen LogP contribution is -2.30. The zero-order valence-electron chi connectivity index (χ0n) is 55.0. The van der Waals surface area contributed by atoms with Crippen LogP contribution in [0.1, 0.15) is 387 Å². The topological polar surface area (TPSA) is 78.9 Å². The van der Waals surface area contributed by atoms with Gasteiger partial charge in [0.1, 0.15) is 13.2 Å². The van der Waals surface area contributed by atoms with Gasteiger partial charge in [-0.25, -0.2) is 0 Å². The fourth-order valence-corrected chi connectivity index (χ4v) is 10.8. The van der Waals surface area contributed by atoms with Gasteiger partial charge in [0.25, 0.3) is 0 Å². The van der Waals surface area contributed by atoms with Crippen LogP contribution in [0.2, 0.25) is 0 Å². The van der Waals surface area contributed by atoms with Crippen molar-refractivity contribution in [1.82, 2.24) is 0 Å². The standard InChI is InChI=1S/C76H138O6/c1-4-7-10-13-16-19-22-25-28-31-34-35-36-37-38-39-40-41-43-45-48-51-54-57-60-63-66-69-75(78)81-72-73(71-80-74(77)68-65-62-59-56-53-50-47-44-33-30-27-24-21-18-15-12-9-6-3)82-76(79)70-67-64-61-58-55-52-49-46-42-32-29-26-23-20-17-14-11-8-5-2/h21-22,24-25,30-31,33-34,36-37,73H,4-20,23,26-29,32,35,38-72H2,1-3H3/b24-21-,25-22-,33-30-,34-31-,37-36-. The highest BCUT2D eigenvalue weighted by molar-refractivity contribution is 5.71. The number of hydrogen-bond donors (Lipinski definition) is 0. The quantitative estimate of drug-likeness (QED) is 0.0261. The maximum absolute atomic E-state index is 13.0. The number of carbonyl (C=O) groups is 3. The van der Waals surface area contributed by atoms with Gasteiger partial charge in [0.2, 0.25) is 0 Å². The molecule has 0 aliphatic rings. The summed E-state index contributed by atoms with van der Waals surface area (Å²) in [7, 11) is 0. The Balaban J connectivity index is 4.31. The smallest absolute Gasteiger partial charge is 0.306 e. The van der Waals surface area contributed by atoms with E-state index in [0.29, 0.717) is 19.3 Å². The number of unbranched alkanes of at least 4 members (excludes halogenated alkanes) is 46. The van der Waals surface area contributed by atoms with Gasteiger partial charge in [-0.1, -0.05) is 338 Å². The number of carbonyl (C=O) groups excluding carboxylic acids is 3. The molecule has 1 unspecified atom stereocenters. The molecular weight excluding hydrogens is 1010 g/mol. The van der Waals surface area contributed by atoms with Gasteiger partial charge in [-0.15, -0.1) is 0 Å². The Labute approximate surface area is 510 Å². The Kier molecular flexibility index (Phi) is 68.1. The van der Waals surface area contributed by atoms with E-state index >= 15 is 0 Å². The first kappa shape index (κ1) is 79.1. The molecule has 0 aliphatic heterocycles. The monoisotopic (exact) mass is 1150 g/mol. The first-order chi connectivity index (χ1) is 40.5. The Morgan fingerprint density at radius 1 is 0.244 bits per heavy atom. The van der Waals surface area contributed by atoms with E-state index in [4.69, 9.17) is 14.2 Å². The van der Waals surface area contributed by atoms with E-state index in [1.165, 1.54) is 263 Å². The molecule has 0 heterocycles. The minimum Gasteiger partial charge on any atom is -0.462 e. The van der Waals surface area contributed by atoms with Crippen LogP contribution >= 0.6 is 0 Å². The van der Waals surface area contributed by atoms with Crippen LogP contribution in [-0.4, -0.2) is 37.2 Å². The molecule has 0 N–H and O–H groups in total. The summed E-state index contributed by atoms with van der Waals surface area (Å²) in [4.78, 5) is 38.5. The molecule has 0 radical (unpaired) electrons. The van der Waals surface area contributed by atoms with E-state index in [1.54, 1.807) is 0 Å². The van der Waals surface area contributed by atoms with E-state index in [2.05, 4.69) is 81.5 Å². The van der Waals surface area contributed by atoms with E-state index in [9.17, 15) is 14.4 Å². The zero-order valence-corrected chi connectivity index (χ0v) is 55.0. The summed E-state index contributed by atoms with van der Waals surface area (Å²) in [5.74, 6) is -0.856. The van der Waals surface area contributed by atoms with Gasteiger partial charge in [-0.05, 0) is 89.9 Å². The average molecular weight is 1150 g/mol. The SMILES string of the molecule is CCCCCC/C=C\C/C=C\CCCCCCCCCC(=O)OCC(COC(=O)CCCCCCCCCCCCCC/C=C\C/C=C\C/C=C\CCCCCCC)OC(=O)CCCCCCCCCCCCCCCCCCCCC. The number of hydrogen-bond acceptors (Lipinski definition) is 6. The molecule has 1 atom stereocenters. The molecule has 0 aromatic heterocycles. The fourth-order valence-electron chi connectivity index (χ4n) is 10.8. The van der Waals surface area contributed by atoms with E-state index in [1.807, 2.05) is 0 Å². The van der Waals surface area contributed by atoms with Crippen LogP contribution < -0.4 is 0 Å². The minimum absolute atomic E-state index is 0.0736. The normalized spacial score (nSPS) is 12.4. The third-order valence-electron chi connectivity index (χ3n) is 16.2. The lowest BCUT2D eigenvalue weighted by molar-refractivity contribution is -0.167. The molecule has 0 amide bonds. The highest BCUT2D eigenvalue weighted by Crippen LogP contribution is 2.18. The van der Waals surface area contributed by atoms with Crippen molar-refractivity contribution in [2.24, 2.45) is 0 Å². The van der Waals surface area contributed by atoms with Crippen molar-refractivity contribution < 1.29 is 28.6 Å². The Morgan fingerprint density at radius 2 is 0.439 bits per heavy atom. The van der Waals surface area contributed by atoms with Gasteiger partial charge >= 0.3 is 17.9 Å². The summed E-state index contributed by atoms with van der Waals surface area (Å²) < 4.78 is 17.0. The molecule has 0 saturated heterocycles. The molecule has 0 bridgehead atoms. The molecule has 0 fully saturated rings. The van der Waals surface area contributed by atoms with Crippen LogP contribution in [0.3, 0.4) is 0 Å². The third-order valence-corrected chi connectivity index (χ3v) is 16.2. The summed E-state index contributed by atoms with van der Waals surface area (Å²) in [6.45, 7) is 6.67. The first-order valence-corrected chi connectivity index (χ1v) is 36.3. The van der Waals surface area contributed by atoms with Crippen molar-refractivity contribution in [3.63, 3.8) is 0 Å². The van der Waals surface area contributed by atoms with Crippen molar-refractivity contribution in [3.8, 4) is 0 Å². The average Bonchev–Trinajstić information content (AvgIpc) is 3.47. The molecule has 0 saturated carbocycles. The van der Waals surface area contributed by atoms with E-state index < -0.39 is 6.10 Å². The maximum Gasteiger partial charge on any atom is 0.306 e. The predicted molar refractivity (Wildman–Crippen MR) is 358 cm³/mol. The highest BCUT2D eigenvalue weighted by atomic mass is 16.6. The molecule has 0 aromatic rings. The molecule has 0 aromatic carbocycles. The van der Waals surface area contributed by atoms with Crippen molar-refractivity contribution in [2.45, 2.75) is 393 Å². The zero-order chi connectivity index (χ0) is 59.2. The summed E-state index contributed by atoms with van der Waals surface area (Å²) in [5, 5.41) is 0. The predicted octanol–water partition coefficient (Wildman–Crippen LogP) is 25.1. The molecule has 0 rings (SSSR count). The number of allylic oxidation sites excluding steroid dienone is 10. The van der Waals surface area contributed by atoms with Crippen LogP contribution in [0, 0.1) is 0 Å². The molecule has 478 valence electrons. The summed E-state index contributed by atoms with van der Waals surface area (Å²) in [6.07, 6.45) is 91.0. The van der Waals surface area contributed by atoms with Crippen LogP contribution in [0.15, 0.2) is 60.8 Å². The largest absolute Gasteiger partial charge is 0.462 e. The first-order valence-electron chi connectivity index (χ1n) is 36.3. The molecule has 6 nitrogen and oxygen atoms in total. The van der Waals surface area contributed by atoms with Gasteiger partial charge in [0.05, 0.1) is 0 Å². The lowest BCUT2D eigenvalue weighted by Gasteiger charge is -2.18. The molecule has 6 heteroatoms. The molecule has 0 spiro atoms. The van der Waals surface area contributed by atoms with Gasteiger partial charge < -0.3 is 14.2 Å². The van der Waals surface area contributed by atoms with Crippen molar-refractivity contribution in [1.29, 1.82) is 0 Å². The molecule has 82 heavy (non-hydrogen) atoms. The van der Waals surface area contributed by atoms with Crippen molar-refractivity contribution in [2.75, 3.05) is 13.2 Å². The van der Waals surface area contributed by atoms with Crippen LogP contribution in [0.4, 0.5) is 0 Å². The van der Waals surface area contributed by atoms with Crippen molar-refractivity contribution >= 4 is 17.9 Å². The maximum atomic E-state index is 13.0. The number of esters is 3. The second-order valence-electron chi connectivity index (χ2n) is 24.5. The van der Waals surface area contributed by atoms with Crippen LogP contribution in [-0.2, 0) is 28.6 Å². The summed E-state index contributed by atoms with van der Waals surface area (Å²) in [6, 6.07) is 0. The summed E-state index contributed by atoms with van der Waals surface area (Å²) in [5.41, 5.74) is 0. The fraction of sp³-hybridized carbons (Fsp3) is 0.829. The molecular formula is C76H138O6. The van der Waals surface area contributed by atoms with Gasteiger partial charge in [0, 0.05) is 19.3 Å². The van der Waals surface area contributed by atoms with Crippen LogP contribution in [0.25, 0.3) is 0 Å². The van der Waals surface area contributed by atoms with E-state index in [-0.39, 0.29) is 31.1 Å². The Morgan fingerprint density at radius 3 is 0.695 bits per heavy atom. The van der Waals surface area contributed by atoms with Gasteiger partial charge in [-0.2, -0.15) is 0 Å². The second-order valence-corrected chi connectivity index (χ2v) is 24.5. The van der Waals surface area contributed by atoms with Crippen molar-refractivity contribution in [3.05, 3.63) is 60.8 Å². The Bertz CT molecular complexity index is 1460.